The number of nitrogens with one attached hydrogen (secondary N) is 2. The lowest BCUT2D eigenvalue weighted by molar-refractivity contribution is 0.0834. The summed E-state index contributed by atoms with van der Waals surface area (Å²) in [6.07, 6.45) is -3.74. The molecule has 1 atom stereocenters. The van der Waals surface area contributed by atoms with E-state index in [2.05, 4.69) is 15.3 Å². The van der Waals surface area contributed by atoms with E-state index < -0.39 is 24.3 Å². The molecule has 0 radical (unpaired) electrons. The highest BCUT2D eigenvalue weighted by atomic mass is 19.3. The van der Waals surface area contributed by atoms with Crippen LogP contribution in [0.4, 0.5) is 8.78 Å². The van der Waals surface area contributed by atoms with Crippen molar-refractivity contribution in [3.63, 3.8) is 0 Å². The summed E-state index contributed by atoms with van der Waals surface area (Å²) in [6.45, 7) is -0.200. The number of aliphatic hydroxyl groups is 1. The van der Waals surface area contributed by atoms with Crippen LogP contribution in [-0.2, 0) is 0 Å². The van der Waals surface area contributed by atoms with Crippen LogP contribution in [0.5, 0.6) is 17.2 Å². The van der Waals surface area contributed by atoms with Gasteiger partial charge in [0.15, 0.2) is 17.3 Å². The molecule has 0 bridgehead atoms. The summed E-state index contributed by atoms with van der Waals surface area (Å²) < 4.78 is 41.5. The number of alkyl halides is 2. The zero-order chi connectivity index (χ0) is 21.7. The SMILES string of the molecule is COc1cccc(OC)c1OCC(O)CNC(=O)c1ccc2nc(C(F)F)[nH]c2c1. The van der Waals surface area contributed by atoms with Gasteiger partial charge in [-0.2, -0.15) is 0 Å². The molecule has 0 aliphatic carbocycles. The van der Waals surface area contributed by atoms with Crippen LogP contribution in [-0.4, -0.2) is 54.5 Å². The molecule has 3 rings (SSSR count). The van der Waals surface area contributed by atoms with E-state index in [-0.39, 0.29) is 18.7 Å². The fraction of sp³-hybridized carbons (Fsp3) is 0.300. The van der Waals surface area contributed by atoms with E-state index in [0.717, 1.165) is 0 Å². The Morgan fingerprint density at radius 1 is 1.20 bits per heavy atom. The van der Waals surface area contributed by atoms with E-state index in [0.29, 0.717) is 28.3 Å². The third kappa shape index (κ3) is 4.77. The molecule has 1 unspecified atom stereocenters. The Hall–Kier alpha value is -3.40. The number of halogens is 2. The standard InChI is InChI=1S/C20H21F2N3O5/c1-28-15-4-3-5-16(29-2)17(15)30-10-12(26)9-23-20(27)11-6-7-13-14(8-11)25-19(24-13)18(21)22/h3-8,12,18,26H,9-10H2,1-2H3,(H,23,27)(H,24,25). The molecule has 3 aromatic rings. The fourth-order valence-corrected chi connectivity index (χ4v) is 2.78. The Morgan fingerprint density at radius 2 is 1.90 bits per heavy atom. The van der Waals surface area contributed by atoms with Crippen LogP contribution < -0.4 is 19.5 Å². The normalized spacial score (nSPS) is 12.1. The number of aromatic amines is 1. The van der Waals surface area contributed by atoms with Gasteiger partial charge in [-0.05, 0) is 30.3 Å². The largest absolute Gasteiger partial charge is 0.493 e. The molecule has 0 saturated heterocycles. The summed E-state index contributed by atoms with van der Waals surface area (Å²) in [4.78, 5) is 18.6. The number of aliphatic hydroxyl groups excluding tert-OH is 1. The number of ether oxygens (including phenoxy) is 3. The maximum absolute atomic E-state index is 12.7. The molecule has 10 heteroatoms. The summed E-state index contributed by atoms with van der Waals surface area (Å²) in [5.41, 5.74) is 0.901. The number of carbonyl (C=O) groups is 1. The van der Waals surface area contributed by atoms with Crippen LogP contribution >= 0.6 is 0 Å². The molecule has 1 aromatic heterocycles. The van der Waals surface area contributed by atoms with Crippen LogP contribution in [0.2, 0.25) is 0 Å². The van der Waals surface area contributed by atoms with E-state index >= 15 is 0 Å². The van der Waals surface area contributed by atoms with Crippen LogP contribution in [0.15, 0.2) is 36.4 Å². The molecule has 1 amide bonds. The van der Waals surface area contributed by atoms with Gasteiger partial charge < -0.3 is 29.6 Å². The summed E-state index contributed by atoms with van der Waals surface area (Å²) in [7, 11) is 2.97. The number of H-pyrrole nitrogens is 1. The second kappa shape index (κ2) is 9.40. The van der Waals surface area contributed by atoms with E-state index in [1.165, 1.54) is 32.4 Å². The van der Waals surface area contributed by atoms with Crippen LogP contribution in [0, 0.1) is 0 Å². The molecule has 30 heavy (non-hydrogen) atoms. The molecule has 3 N–H and O–H groups in total. The van der Waals surface area contributed by atoms with Crippen molar-refractivity contribution >= 4 is 16.9 Å². The Labute approximate surface area is 170 Å². The first-order chi connectivity index (χ1) is 14.4. The monoisotopic (exact) mass is 421 g/mol. The summed E-state index contributed by atoms with van der Waals surface area (Å²) in [6, 6.07) is 9.48. The molecule has 0 aliphatic heterocycles. The number of fused-ring (bicyclic) bond motifs is 1. The first-order valence-corrected chi connectivity index (χ1v) is 9.00. The molecular weight excluding hydrogens is 400 g/mol. The van der Waals surface area contributed by atoms with E-state index in [4.69, 9.17) is 14.2 Å². The number of hydrogen-bond acceptors (Lipinski definition) is 6. The van der Waals surface area contributed by atoms with Crippen LogP contribution in [0.25, 0.3) is 11.0 Å². The van der Waals surface area contributed by atoms with Crippen LogP contribution in [0.3, 0.4) is 0 Å². The number of nitrogens with zero attached hydrogens (tertiary/aromatic N) is 1. The topological polar surface area (TPSA) is 106 Å². The highest BCUT2D eigenvalue weighted by Crippen LogP contribution is 2.36. The Bertz CT molecular complexity index is 1000. The van der Waals surface area contributed by atoms with Gasteiger partial charge in [-0.1, -0.05) is 6.07 Å². The second-order valence-electron chi connectivity index (χ2n) is 6.32. The lowest BCUT2D eigenvalue weighted by Gasteiger charge is -2.17. The van der Waals surface area contributed by atoms with E-state index in [9.17, 15) is 18.7 Å². The number of rotatable bonds is 9. The van der Waals surface area contributed by atoms with Gasteiger partial charge in [0.1, 0.15) is 12.7 Å². The quantitative estimate of drug-likeness (QED) is 0.491. The first-order valence-electron chi connectivity index (χ1n) is 9.00. The smallest absolute Gasteiger partial charge is 0.295 e. The van der Waals surface area contributed by atoms with Gasteiger partial charge in [0, 0.05) is 12.1 Å². The number of benzene rings is 2. The lowest BCUT2D eigenvalue weighted by Crippen LogP contribution is -2.35. The number of para-hydroxylation sites is 1. The summed E-state index contributed by atoms with van der Waals surface area (Å²) in [5.74, 6) is 0.302. The van der Waals surface area contributed by atoms with Crippen molar-refractivity contribution in [3.05, 3.63) is 47.8 Å². The number of aromatic nitrogens is 2. The summed E-state index contributed by atoms with van der Waals surface area (Å²) >= 11 is 0. The van der Waals surface area contributed by atoms with Crippen molar-refractivity contribution in [2.45, 2.75) is 12.5 Å². The molecule has 8 nitrogen and oxygen atoms in total. The highest BCUT2D eigenvalue weighted by molar-refractivity contribution is 5.97. The molecule has 2 aromatic carbocycles. The number of imidazole rings is 1. The maximum atomic E-state index is 12.7. The van der Waals surface area contributed by atoms with Gasteiger partial charge >= 0.3 is 0 Å². The fourth-order valence-electron chi connectivity index (χ4n) is 2.78. The average molecular weight is 421 g/mol. The molecule has 160 valence electrons. The molecule has 1 heterocycles. The molecular formula is C20H21F2N3O5. The van der Waals surface area contributed by atoms with E-state index in [1.54, 1.807) is 18.2 Å². The number of methoxy groups -OCH3 is 2. The average Bonchev–Trinajstić information content (AvgIpc) is 3.19. The highest BCUT2D eigenvalue weighted by Gasteiger charge is 2.16. The van der Waals surface area contributed by atoms with Crippen molar-refractivity contribution in [3.8, 4) is 17.2 Å². The third-order valence-corrected chi connectivity index (χ3v) is 4.27. The zero-order valence-corrected chi connectivity index (χ0v) is 16.3. The van der Waals surface area contributed by atoms with Crippen molar-refractivity contribution in [2.24, 2.45) is 0 Å². The minimum Gasteiger partial charge on any atom is -0.493 e. The Kier molecular flexibility index (Phi) is 6.68. The molecule has 0 fully saturated rings. The van der Waals surface area contributed by atoms with Crippen molar-refractivity contribution < 1.29 is 32.9 Å². The van der Waals surface area contributed by atoms with Crippen molar-refractivity contribution in [1.29, 1.82) is 0 Å². The Morgan fingerprint density at radius 3 is 2.53 bits per heavy atom. The minimum absolute atomic E-state index is 0.0837. The van der Waals surface area contributed by atoms with Gasteiger partial charge in [0.2, 0.25) is 5.75 Å². The van der Waals surface area contributed by atoms with Crippen molar-refractivity contribution in [1.82, 2.24) is 15.3 Å². The third-order valence-electron chi connectivity index (χ3n) is 4.27. The second-order valence-corrected chi connectivity index (χ2v) is 6.32. The lowest BCUT2D eigenvalue weighted by atomic mass is 10.2. The van der Waals surface area contributed by atoms with Crippen LogP contribution in [0.1, 0.15) is 22.6 Å². The van der Waals surface area contributed by atoms with Gasteiger partial charge in [0.25, 0.3) is 12.3 Å². The number of hydrogen-bond donors (Lipinski definition) is 3. The number of carbonyl (C=O) groups excluding carboxylic acids is 1. The predicted molar refractivity (Wildman–Crippen MR) is 104 cm³/mol. The van der Waals surface area contributed by atoms with Gasteiger partial charge in [0.05, 0.1) is 25.3 Å². The zero-order valence-electron chi connectivity index (χ0n) is 16.3. The first kappa shape index (κ1) is 21.3. The van der Waals surface area contributed by atoms with Gasteiger partial charge in [-0.3, -0.25) is 4.79 Å². The Balaban J connectivity index is 1.58. The van der Waals surface area contributed by atoms with Crippen molar-refractivity contribution in [2.75, 3.05) is 27.4 Å². The van der Waals surface area contributed by atoms with Gasteiger partial charge in [-0.15, -0.1) is 0 Å². The molecule has 0 saturated carbocycles. The molecule has 0 spiro atoms. The minimum atomic E-state index is -2.73. The van der Waals surface area contributed by atoms with Gasteiger partial charge in [-0.25, -0.2) is 13.8 Å². The maximum Gasteiger partial charge on any atom is 0.295 e. The molecule has 0 aliphatic rings. The summed E-state index contributed by atoms with van der Waals surface area (Å²) in [5, 5.41) is 12.7. The predicted octanol–water partition coefficient (Wildman–Crippen LogP) is 2.69. The number of amides is 1. The van der Waals surface area contributed by atoms with E-state index in [1.807, 2.05) is 0 Å².